The number of ether oxygens (including phenoxy) is 1. The summed E-state index contributed by atoms with van der Waals surface area (Å²) in [6.07, 6.45) is 0.774. The standard InChI is InChI=1S/C21H23N3O2S/c1-14-9-10-19(26-3)18(11-14)23-20(25)13-27-21-22-15(2)17(24-21)12-16-7-5-4-6-8-16/h4-11H,12-13H2,1-3H3,(H,22,24)(H,23,25). The molecule has 6 heteroatoms. The molecule has 27 heavy (non-hydrogen) atoms. The second-order valence-electron chi connectivity index (χ2n) is 6.32. The lowest BCUT2D eigenvalue weighted by molar-refractivity contribution is -0.113. The van der Waals surface area contributed by atoms with Crippen LogP contribution < -0.4 is 10.1 Å². The minimum Gasteiger partial charge on any atom is -0.495 e. The van der Waals surface area contributed by atoms with Gasteiger partial charge in [0, 0.05) is 12.1 Å². The van der Waals surface area contributed by atoms with E-state index in [9.17, 15) is 4.79 Å². The third-order valence-corrected chi connectivity index (χ3v) is 5.02. The molecule has 0 saturated heterocycles. The van der Waals surface area contributed by atoms with Gasteiger partial charge < -0.3 is 15.0 Å². The van der Waals surface area contributed by atoms with Gasteiger partial charge in [-0.3, -0.25) is 4.79 Å². The Bertz CT molecular complexity index is 922. The van der Waals surface area contributed by atoms with Crippen LogP contribution in [0, 0.1) is 13.8 Å². The van der Waals surface area contributed by atoms with Crippen molar-refractivity contribution in [2.24, 2.45) is 0 Å². The molecule has 0 aliphatic heterocycles. The monoisotopic (exact) mass is 381 g/mol. The largest absolute Gasteiger partial charge is 0.495 e. The van der Waals surface area contributed by atoms with Gasteiger partial charge in [0.1, 0.15) is 5.75 Å². The van der Waals surface area contributed by atoms with Crippen LogP contribution in [-0.4, -0.2) is 28.7 Å². The van der Waals surface area contributed by atoms with Crippen LogP contribution in [0.1, 0.15) is 22.5 Å². The van der Waals surface area contributed by atoms with Gasteiger partial charge >= 0.3 is 0 Å². The normalized spacial score (nSPS) is 10.6. The van der Waals surface area contributed by atoms with Crippen molar-refractivity contribution >= 4 is 23.4 Å². The summed E-state index contributed by atoms with van der Waals surface area (Å²) in [6.45, 7) is 3.98. The highest BCUT2D eigenvalue weighted by atomic mass is 32.2. The number of methoxy groups -OCH3 is 1. The summed E-state index contributed by atoms with van der Waals surface area (Å²) in [7, 11) is 1.59. The number of hydrogen-bond acceptors (Lipinski definition) is 4. The average molecular weight is 382 g/mol. The number of amides is 1. The Balaban J connectivity index is 1.59. The summed E-state index contributed by atoms with van der Waals surface area (Å²) in [6, 6.07) is 15.9. The first-order valence-electron chi connectivity index (χ1n) is 8.72. The van der Waals surface area contributed by atoms with E-state index in [1.165, 1.54) is 17.3 Å². The fourth-order valence-corrected chi connectivity index (χ4v) is 3.48. The molecule has 0 radical (unpaired) electrons. The fourth-order valence-electron chi connectivity index (χ4n) is 2.74. The first-order valence-corrected chi connectivity index (χ1v) is 9.70. The second kappa shape index (κ2) is 8.77. The molecule has 1 amide bonds. The lowest BCUT2D eigenvalue weighted by Gasteiger charge is -2.10. The number of anilines is 1. The minimum absolute atomic E-state index is 0.0948. The van der Waals surface area contributed by atoms with Gasteiger partial charge in [-0.2, -0.15) is 0 Å². The molecule has 2 aromatic carbocycles. The summed E-state index contributed by atoms with van der Waals surface area (Å²) in [5.74, 6) is 0.829. The Morgan fingerprint density at radius 3 is 2.70 bits per heavy atom. The fraction of sp³-hybridized carbons (Fsp3) is 0.238. The number of rotatable bonds is 7. The Morgan fingerprint density at radius 2 is 1.96 bits per heavy atom. The van der Waals surface area contributed by atoms with Crippen LogP contribution in [0.4, 0.5) is 5.69 Å². The molecule has 0 bridgehead atoms. The van der Waals surface area contributed by atoms with Crippen molar-refractivity contribution in [3.63, 3.8) is 0 Å². The van der Waals surface area contributed by atoms with E-state index in [1.807, 2.05) is 50.2 Å². The molecular formula is C21H23N3O2S. The molecule has 2 N–H and O–H groups in total. The molecule has 0 spiro atoms. The number of thioether (sulfide) groups is 1. The van der Waals surface area contributed by atoms with E-state index in [2.05, 4.69) is 27.4 Å². The third kappa shape index (κ3) is 5.14. The average Bonchev–Trinajstić information content (AvgIpc) is 3.01. The number of carbonyl (C=O) groups is 1. The number of imidazole rings is 1. The second-order valence-corrected chi connectivity index (χ2v) is 7.28. The van der Waals surface area contributed by atoms with Crippen LogP contribution in [0.2, 0.25) is 0 Å². The van der Waals surface area contributed by atoms with Crippen LogP contribution >= 0.6 is 11.8 Å². The number of carbonyl (C=O) groups excluding carboxylic acids is 1. The molecule has 0 atom stereocenters. The maximum absolute atomic E-state index is 12.3. The predicted molar refractivity (Wildman–Crippen MR) is 110 cm³/mol. The zero-order valence-electron chi connectivity index (χ0n) is 15.7. The zero-order chi connectivity index (χ0) is 19.2. The number of H-pyrrole nitrogens is 1. The van der Waals surface area contributed by atoms with E-state index in [1.54, 1.807) is 7.11 Å². The van der Waals surface area contributed by atoms with E-state index in [0.29, 0.717) is 11.4 Å². The van der Waals surface area contributed by atoms with Crippen molar-refractivity contribution in [2.75, 3.05) is 18.2 Å². The number of aromatic amines is 1. The molecular weight excluding hydrogens is 358 g/mol. The molecule has 3 rings (SSSR count). The van der Waals surface area contributed by atoms with Gasteiger partial charge in [0.05, 0.1) is 24.2 Å². The van der Waals surface area contributed by atoms with Gasteiger partial charge in [-0.1, -0.05) is 48.2 Å². The van der Waals surface area contributed by atoms with Gasteiger partial charge in [0.15, 0.2) is 5.16 Å². The molecule has 0 fully saturated rings. The quantitative estimate of drug-likeness (QED) is 0.597. The Morgan fingerprint density at radius 1 is 1.19 bits per heavy atom. The maximum Gasteiger partial charge on any atom is 0.234 e. The lowest BCUT2D eigenvalue weighted by Crippen LogP contribution is -2.15. The van der Waals surface area contributed by atoms with Gasteiger partial charge in [-0.25, -0.2) is 4.98 Å². The minimum atomic E-state index is -0.0948. The molecule has 3 aromatic rings. The van der Waals surface area contributed by atoms with Crippen LogP contribution in [0.3, 0.4) is 0 Å². The summed E-state index contributed by atoms with van der Waals surface area (Å²) in [4.78, 5) is 20.2. The van der Waals surface area contributed by atoms with Crippen molar-refractivity contribution in [1.29, 1.82) is 0 Å². The number of nitrogens with zero attached hydrogens (tertiary/aromatic N) is 1. The smallest absolute Gasteiger partial charge is 0.234 e. The molecule has 0 unspecified atom stereocenters. The van der Waals surface area contributed by atoms with E-state index < -0.39 is 0 Å². The summed E-state index contributed by atoms with van der Waals surface area (Å²) in [5, 5.41) is 3.66. The highest BCUT2D eigenvalue weighted by Gasteiger charge is 2.12. The van der Waals surface area contributed by atoms with E-state index in [0.717, 1.165) is 28.5 Å². The van der Waals surface area contributed by atoms with Crippen molar-refractivity contribution in [3.8, 4) is 5.75 Å². The van der Waals surface area contributed by atoms with E-state index >= 15 is 0 Å². The summed E-state index contributed by atoms with van der Waals surface area (Å²) in [5.41, 5.74) is 4.99. The van der Waals surface area contributed by atoms with Crippen LogP contribution in [-0.2, 0) is 11.2 Å². The van der Waals surface area contributed by atoms with Crippen LogP contribution in [0.25, 0.3) is 0 Å². The predicted octanol–water partition coefficient (Wildman–Crippen LogP) is 4.36. The number of nitrogens with one attached hydrogen (secondary N) is 2. The van der Waals surface area contributed by atoms with Gasteiger partial charge in [-0.05, 0) is 37.1 Å². The first kappa shape index (κ1) is 19.0. The van der Waals surface area contributed by atoms with Crippen molar-refractivity contribution in [3.05, 3.63) is 71.0 Å². The van der Waals surface area contributed by atoms with Crippen molar-refractivity contribution in [1.82, 2.24) is 9.97 Å². The number of hydrogen-bond donors (Lipinski definition) is 2. The molecule has 1 heterocycles. The Kier molecular flexibility index (Phi) is 6.19. The molecule has 0 aliphatic carbocycles. The van der Waals surface area contributed by atoms with E-state index in [4.69, 9.17) is 4.74 Å². The third-order valence-electron chi connectivity index (χ3n) is 4.15. The first-order chi connectivity index (χ1) is 13.0. The SMILES string of the molecule is COc1ccc(C)cc1NC(=O)CSc1nc(Cc2ccccc2)c(C)[nH]1. The summed E-state index contributed by atoms with van der Waals surface area (Å²) < 4.78 is 5.30. The van der Waals surface area contributed by atoms with Gasteiger partial charge in [-0.15, -0.1) is 0 Å². The van der Waals surface area contributed by atoms with Crippen molar-refractivity contribution < 1.29 is 9.53 Å². The van der Waals surface area contributed by atoms with E-state index in [-0.39, 0.29) is 11.7 Å². The van der Waals surface area contributed by atoms with Crippen LogP contribution in [0.5, 0.6) is 5.75 Å². The molecule has 140 valence electrons. The zero-order valence-corrected chi connectivity index (χ0v) is 16.5. The molecule has 0 aliphatic rings. The molecule has 0 saturated carbocycles. The molecule has 1 aromatic heterocycles. The summed E-state index contributed by atoms with van der Waals surface area (Å²) >= 11 is 1.39. The highest BCUT2D eigenvalue weighted by Crippen LogP contribution is 2.26. The lowest BCUT2D eigenvalue weighted by atomic mass is 10.1. The Hall–Kier alpha value is -2.73. The molecule has 5 nitrogen and oxygen atoms in total. The number of aromatic nitrogens is 2. The highest BCUT2D eigenvalue weighted by molar-refractivity contribution is 7.99. The number of benzene rings is 2. The number of aryl methyl sites for hydroxylation is 2. The maximum atomic E-state index is 12.3. The Labute approximate surface area is 163 Å². The van der Waals surface area contributed by atoms with Gasteiger partial charge in [0.25, 0.3) is 0 Å². The van der Waals surface area contributed by atoms with Crippen molar-refractivity contribution in [2.45, 2.75) is 25.4 Å². The topological polar surface area (TPSA) is 67.0 Å². The van der Waals surface area contributed by atoms with Gasteiger partial charge in [0.2, 0.25) is 5.91 Å². The van der Waals surface area contributed by atoms with Crippen LogP contribution in [0.15, 0.2) is 53.7 Å².